The highest BCUT2D eigenvalue weighted by atomic mass is 32.2. The van der Waals surface area contributed by atoms with E-state index in [9.17, 15) is 18.0 Å². The van der Waals surface area contributed by atoms with Crippen LogP contribution in [0.5, 0.6) is 11.5 Å². The van der Waals surface area contributed by atoms with Crippen molar-refractivity contribution in [3.63, 3.8) is 0 Å². The summed E-state index contributed by atoms with van der Waals surface area (Å²) in [4.78, 5) is 26.6. The van der Waals surface area contributed by atoms with Crippen LogP contribution in [0, 0.1) is 0 Å². The first-order valence-electron chi connectivity index (χ1n) is 10.3. The molecule has 0 aliphatic carbocycles. The fourth-order valence-electron chi connectivity index (χ4n) is 3.66. The van der Waals surface area contributed by atoms with Crippen molar-refractivity contribution in [3.05, 3.63) is 72.3 Å². The minimum Gasteiger partial charge on any atom is -0.493 e. The van der Waals surface area contributed by atoms with E-state index in [1.807, 2.05) is 0 Å². The van der Waals surface area contributed by atoms with Crippen LogP contribution in [0.2, 0.25) is 0 Å². The number of methoxy groups -OCH3 is 2. The summed E-state index contributed by atoms with van der Waals surface area (Å²) >= 11 is 0. The van der Waals surface area contributed by atoms with Crippen LogP contribution < -0.4 is 24.0 Å². The van der Waals surface area contributed by atoms with Crippen LogP contribution in [0.25, 0.3) is 0 Å². The van der Waals surface area contributed by atoms with Gasteiger partial charge in [-0.3, -0.25) is 18.8 Å². The van der Waals surface area contributed by atoms with E-state index in [0.29, 0.717) is 34.1 Å². The summed E-state index contributed by atoms with van der Waals surface area (Å²) in [6, 6.07) is 17.5. The largest absolute Gasteiger partial charge is 0.493 e. The summed E-state index contributed by atoms with van der Waals surface area (Å²) in [5, 5.41) is 2.74. The summed E-state index contributed by atoms with van der Waals surface area (Å²) < 4.78 is 37.8. The summed E-state index contributed by atoms with van der Waals surface area (Å²) in [5.74, 6) is 0.0624. The molecule has 9 nitrogen and oxygen atoms in total. The number of nitrogens with zero attached hydrogens (tertiary/aromatic N) is 2. The molecule has 176 valence electrons. The number of benzene rings is 3. The number of carbonyl (C=O) groups is 2. The van der Waals surface area contributed by atoms with Gasteiger partial charge < -0.3 is 14.8 Å². The monoisotopic (exact) mass is 481 g/mol. The Hall–Kier alpha value is -4.05. The number of fused-ring (bicyclic) bond motifs is 1. The number of hydrogen-bond acceptors (Lipinski definition) is 6. The molecule has 0 unspecified atom stereocenters. The van der Waals surface area contributed by atoms with E-state index in [1.165, 1.54) is 56.5 Å². The van der Waals surface area contributed by atoms with Gasteiger partial charge in [-0.1, -0.05) is 12.1 Å². The Balaban J connectivity index is 1.59. The fraction of sp³-hybridized carbons (Fsp3) is 0.167. The highest BCUT2D eigenvalue weighted by Crippen LogP contribution is 2.33. The normalized spacial score (nSPS) is 13.0. The molecule has 0 bridgehead atoms. The number of hydrogen-bond donors (Lipinski definition) is 1. The molecule has 1 aliphatic rings. The van der Waals surface area contributed by atoms with Crippen LogP contribution in [0.15, 0.2) is 71.6 Å². The number of ether oxygens (including phenoxy) is 2. The molecular formula is C24H23N3O6S. The molecule has 3 aromatic rings. The first kappa shape index (κ1) is 23.1. The van der Waals surface area contributed by atoms with Gasteiger partial charge in [-0.05, 0) is 48.5 Å². The quantitative estimate of drug-likeness (QED) is 0.580. The number of para-hydroxylation sites is 2. The third kappa shape index (κ3) is 4.15. The van der Waals surface area contributed by atoms with Crippen LogP contribution in [0.1, 0.15) is 10.4 Å². The Labute approximate surface area is 197 Å². The van der Waals surface area contributed by atoms with E-state index in [2.05, 4.69) is 5.32 Å². The summed E-state index contributed by atoms with van der Waals surface area (Å²) in [6.45, 7) is -0.106. The average molecular weight is 482 g/mol. The highest BCUT2D eigenvalue weighted by molar-refractivity contribution is 7.92. The Morgan fingerprint density at radius 2 is 1.65 bits per heavy atom. The third-order valence-electron chi connectivity index (χ3n) is 5.51. The predicted molar refractivity (Wildman–Crippen MR) is 128 cm³/mol. The van der Waals surface area contributed by atoms with Crippen molar-refractivity contribution in [2.75, 3.05) is 42.3 Å². The van der Waals surface area contributed by atoms with E-state index >= 15 is 0 Å². The molecule has 0 spiro atoms. The van der Waals surface area contributed by atoms with Gasteiger partial charge in [0.25, 0.3) is 15.9 Å². The van der Waals surface area contributed by atoms with Gasteiger partial charge in [-0.2, -0.15) is 0 Å². The summed E-state index contributed by atoms with van der Waals surface area (Å²) in [7, 11) is 0.421. The first-order chi connectivity index (χ1) is 16.3. The maximum absolute atomic E-state index is 13.1. The van der Waals surface area contributed by atoms with Crippen molar-refractivity contribution in [3.8, 4) is 11.5 Å². The molecule has 3 aromatic carbocycles. The second-order valence-corrected chi connectivity index (χ2v) is 9.46. The molecule has 10 heteroatoms. The van der Waals surface area contributed by atoms with Crippen LogP contribution in [0.4, 0.5) is 17.1 Å². The van der Waals surface area contributed by atoms with Crippen molar-refractivity contribution in [1.29, 1.82) is 0 Å². The van der Waals surface area contributed by atoms with Gasteiger partial charge in [-0.15, -0.1) is 0 Å². The molecule has 34 heavy (non-hydrogen) atoms. The number of rotatable bonds is 6. The Bertz CT molecular complexity index is 1360. The molecule has 0 fully saturated rings. The topological polar surface area (TPSA) is 105 Å². The van der Waals surface area contributed by atoms with Gasteiger partial charge in [0.1, 0.15) is 6.54 Å². The average Bonchev–Trinajstić information content (AvgIpc) is 2.86. The van der Waals surface area contributed by atoms with E-state index in [-0.39, 0.29) is 23.3 Å². The second-order valence-electron chi connectivity index (χ2n) is 7.49. The van der Waals surface area contributed by atoms with E-state index in [4.69, 9.17) is 9.47 Å². The van der Waals surface area contributed by atoms with Crippen LogP contribution in [-0.4, -0.2) is 48.0 Å². The Kier molecular flexibility index (Phi) is 6.16. The van der Waals surface area contributed by atoms with Gasteiger partial charge in [0.05, 0.1) is 36.2 Å². The molecule has 1 heterocycles. The Morgan fingerprint density at radius 1 is 0.971 bits per heavy atom. The van der Waals surface area contributed by atoms with Gasteiger partial charge >= 0.3 is 0 Å². The zero-order chi connectivity index (χ0) is 24.5. The molecule has 0 radical (unpaired) electrons. The standard InChI is InChI=1S/C24H23N3O6S/c1-26(34(30,31)18-12-13-21(32-2)22(14-18)33-3)17-10-8-16(9-11-17)24(29)27-15-23(28)25-19-6-4-5-7-20(19)27/h4-14H,15H2,1-3H3,(H,25,28). The molecule has 0 saturated heterocycles. The Morgan fingerprint density at radius 3 is 2.32 bits per heavy atom. The smallest absolute Gasteiger partial charge is 0.264 e. The molecule has 0 saturated carbocycles. The zero-order valence-corrected chi connectivity index (χ0v) is 19.6. The van der Waals surface area contributed by atoms with Gasteiger partial charge in [0.2, 0.25) is 5.91 Å². The van der Waals surface area contributed by atoms with Crippen LogP contribution in [0.3, 0.4) is 0 Å². The molecule has 4 rings (SSSR count). The van der Waals surface area contributed by atoms with Crippen molar-refractivity contribution in [2.24, 2.45) is 0 Å². The number of sulfonamides is 1. The van der Waals surface area contributed by atoms with Gasteiger partial charge in [-0.25, -0.2) is 8.42 Å². The van der Waals surface area contributed by atoms with Gasteiger partial charge in [0, 0.05) is 18.7 Å². The minimum atomic E-state index is -3.90. The SMILES string of the molecule is COc1ccc(S(=O)(=O)N(C)c2ccc(C(=O)N3CC(=O)Nc4ccccc43)cc2)cc1OC. The molecule has 2 amide bonds. The lowest BCUT2D eigenvalue weighted by Crippen LogP contribution is -2.42. The van der Waals surface area contributed by atoms with E-state index in [1.54, 1.807) is 36.4 Å². The molecule has 1 N–H and O–H groups in total. The lowest BCUT2D eigenvalue weighted by molar-refractivity contribution is -0.115. The lowest BCUT2D eigenvalue weighted by atomic mass is 10.1. The first-order valence-corrected chi connectivity index (χ1v) is 11.7. The molecule has 0 aromatic heterocycles. The number of nitrogens with one attached hydrogen (secondary N) is 1. The maximum Gasteiger partial charge on any atom is 0.264 e. The van der Waals surface area contributed by atoms with Crippen LogP contribution >= 0.6 is 0 Å². The van der Waals surface area contributed by atoms with E-state index in [0.717, 1.165) is 4.31 Å². The molecule has 1 aliphatic heterocycles. The van der Waals surface area contributed by atoms with Crippen LogP contribution in [-0.2, 0) is 14.8 Å². The second kappa shape index (κ2) is 9.06. The van der Waals surface area contributed by atoms with Crippen molar-refractivity contribution in [2.45, 2.75) is 4.90 Å². The van der Waals surface area contributed by atoms with Crippen molar-refractivity contribution < 1.29 is 27.5 Å². The third-order valence-corrected chi connectivity index (χ3v) is 7.29. The number of carbonyl (C=O) groups excluding carboxylic acids is 2. The van der Waals surface area contributed by atoms with Crippen molar-refractivity contribution >= 4 is 38.9 Å². The zero-order valence-electron chi connectivity index (χ0n) is 18.8. The summed E-state index contributed by atoms with van der Waals surface area (Å²) in [5.41, 5.74) is 1.85. The minimum absolute atomic E-state index is 0.0312. The fourth-order valence-corrected chi connectivity index (χ4v) is 4.87. The van der Waals surface area contributed by atoms with Crippen molar-refractivity contribution in [1.82, 2.24) is 0 Å². The molecular weight excluding hydrogens is 458 g/mol. The summed E-state index contributed by atoms with van der Waals surface area (Å²) in [6.07, 6.45) is 0. The van der Waals surface area contributed by atoms with Gasteiger partial charge in [0.15, 0.2) is 11.5 Å². The lowest BCUT2D eigenvalue weighted by Gasteiger charge is -2.29. The highest BCUT2D eigenvalue weighted by Gasteiger charge is 2.28. The number of amides is 2. The number of anilines is 3. The predicted octanol–water partition coefficient (Wildman–Crippen LogP) is 3.13. The maximum atomic E-state index is 13.1. The molecule has 0 atom stereocenters. The van der Waals surface area contributed by atoms with E-state index < -0.39 is 10.0 Å².